The molecule has 0 aliphatic heterocycles. The fourth-order valence-corrected chi connectivity index (χ4v) is 0.807. The van der Waals surface area contributed by atoms with E-state index in [0.29, 0.717) is 26.2 Å². The average Bonchev–Trinajstić information content (AvgIpc) is 2.04. The number of carboxylic acid groups (broad SMARTS) is 1. The molecule has 0 saturated heterocycles. The first kappa shape index (κ1) is 15.7. The number of nitrogens with zero attached hydrogens (tertiary/aromatic N) is 1. The van der Waals surface area contributed by atoms with Crippen LogP contribution in [0.1, 0.15) is 8.35 Å². The minimum Gasteiger partial charge on any atom is -1.00 e. The van der Waals surface area contributed by atoms with Gasteiger partial charge >= 0.3 is 35.7 Å². The van der Waals surface area contributed by atoms with Gasteiger partial charge < -0.3 is 21.9 Å². The topological polar surface area (TPSA) is 72.8 Å². The molecule has 0 spiro atoms. The van der Waals surface area contributed by atoms with Gasteiger partial charge in [-0.05, 0) is 6.92 Å². The first-order valence-electron chi connectivity index (χ1n) is 4.01. The summed E-state index contributed by atoms with van der Waals surface area (Å²) in [6, 6.07) is 0. The van der Waals surface area contributed by atoms with E-state index in [1.807, 2.05) is 0 Å². The Balaban J connectivity index is -0.000000605. The van der Waals surface area contributed by atoms with E-state index in [1.54, 1.807) is 6.92 Å². The Labute approximate surface area is 102 Å². The van der Waals surface area contributed by atoms with Gasteiger partial charge in [-0.15, -0.1) is 0 Å². The molecule has 74 valence electrons. The third kappa shape index (κ3) is 8.52. The fraction of sp³-hybridized carbons (Fsp3) is 0.857. The van der Waals surface area contributed by atoms with Crippen molar-refractivity contribution in [2.24, 2.45) is 0 Å². The zero-order valence-electron chi connectivity index (χ0n) is 9.29. The van der Waals surface area contributed by atoms with Crippen molar-refractivity contribution < 1.29 is 46.0 Å². The van der Waals surface area contributed by atoms with Gasteiger partial charge in [0.25, 0.3) is 0 Å². The normalized spacial score (nSPS) is 9.08. The Morgan fingerprint density at radius 1 is 1.54 bits per heavy atom. The van der Waals surface area contributed by atoms with Crippen LogP contribution in [0.2, 0.25) is 0 Å². The standard InChI is InChI=1S/C7H16N2O3.Na.H/c1-2-9(7(11)12)5-3-8-4-6-10;;/h8,10H,2-6H2,1H3,(H,11,12);;/q;+1;-1. The Kier molecular flexibility index (Phi) is 12.4. The van der Waals surface area contributed by atoms with Crippen molar-refractivity contribution in [2.75, 3.05) is 32.8 Å². The summed E-state index contributed by atoms with van der Waals surface area (Å²) in [7, 11) is 0. The van der Waals surface area contributed by atoms with Crippen molar-refractivity contribution in [3.05, 3.63) is 0 Å². The van der Waals surface area contributed by atoms with Crippen molar-refractivity contribution >= 4 is 6.09 Å². The van der Waals surface area contributed by atoms with Gasteiger partial charge in [0, 0.05) is 26.2 Å². The summed E-state index contributed by atoms with van der Waals surface area (Å²) in [5.41, 5.74) is 0. The van der Waals surface area contributed by atoms with Crippen LogP contribution in [0.5, 0.6) is 0 Å². The Morgan fingerprint density at radius 3 is 2.54 bits per heavy atom. The van der Waals surface area contributed by atoms with E-state index in [1.165, 1.54) is 4.90 Å². The number of nitrogens with one attached hydrogen (secondary N) is 1. The molecular formula is C7H17N2NaO3. The predicted molar refractivity (Wildman–Crippen MR) is 46.3 cm³/mol. The minimum absolute atomic E-state index is 0. The number of aliphatic hydroxyl groups excluding tert-OH is 1. The van der Waals surface area contributed by atoms with E-state index in [9.17, 15) is 4.79 Å². The van der Waals surface area contributed by atoms with Crippen molar-refractivity contribution in [2.45, 2.75) is 6.92 Å². The van der Waals surface area contributed by atoms with Crippen molar-refractivity contribution in [3.8, 4) is 0 Å². The fourth-order valence-electron chi connectivity index (χ4n) is 0.807. The van der Waals surface area contributed by atoms with Crippen molar-refractivity contribution in [3.63, 3.8) is 0 Å². The van der Waals surface area contributed by atoms with Crippen LogP contribution in [0.25, 0.3) is 0 Å². The Hall–Kier alpha value is 0.190. The number of aliphatic hydroxyl groups is 1. The van der Waals surface area contributed by atoms with Crippen LogP contribution in [0.4, 0.5) is 4.79 Å². The summed E-state index contributed by atoms with van der Waals surface area (Å²) in [6.07, 6.45) is -0.900. The van der Waals surface area contributed by atoms with Crippen LogP contribution in [0, 0.1) is 0 Å². The SMILES string of the molecule is CCN(CCNCCO)C(=O)O.[H-].[Na+]. The van der Waals surface area contributed by atoms with Gasteiger partial charge in [-0.3, -0.25) is 0 Å². The Morgan fingerprint density at radius 2 is 2.15 bits per heavy atom. The maximum atomic E-state index is 10.4. The quantitative estimate of drug-likeness (QED) is 0.310. The molecule has 6 heteroatoms. The molecule has 13 heavy (non-hydrogen) atoms. The molecule has 0 aliphatic rings. The summed E-state index contributed by atoms with van der Waals surface area (Å²) < 4.78 is 0. The summed E-state index contributed by atoms with van der Waals surface area (Å²) in [5.74, 6) is 0. The number of rotatable bonds is 6. The average molecular weight is 200 g/mol. The van der Waals surface area contributed by atoms with E-state index in [2.05, 4.69) is 5.32 Å². The van der Waals surface area contributed by atoms with E-state index in [4.69, 9.17) is 10.2 Å². The largest absolute Gasteiger partial charge is 1.00 e. The molecule has 0 atom stereocenters. The van der Waals surface area contributed by atoms with E-state index in [0.717, 1.165) is 0 Å². The van der Waals surface area contributed by atoms with Gasteiger partial charge in [0.1, 0.15) is 0 Å². The summed E-state index contributed by atoms with van der Waals surface area (Å²) in [4.78, 5) is 11.8. The predicted octanol–water partition coefficient (Wildman–Crippen LogP) is -3.32. The first-order chi connectivity index (χ1) is 5.72. The van der Waals surface area contributed by atoms with E-state index in [-0.39, 0.29) is 37.6 Å². The minimum atomic E-state index is -0.900. The van der Waals surface area contributed by atoms with Crippen LogP contribution in [-0.2, 0) is 0 Å². The molecule has 0 saturated carbocycles. The number of carbonyl (C=O) groups is 1. The number of hydrogen-bond donors (Lipinski definition) is 3. The molecule has 0 heterocycles. The Bertz CT molecular complexity index is 140. The maximum absolute atomic E-state index is 10.4. The van der Waals surface area contributed by atoms with Crippen molar-refractivity contribution in [1.29, 1.82) is 0 Å². The second-order valence-electron chi connectivity index (χ2n) is 2.34. The first-order valence-corrected chi connectivity index (χ1v) is 4.01. The third-order valence-corrected chi connectivity index (χ3v) is 1.50. The second-order valence-corrected chi connectivity index (χ2v) is 2.34. The zero-order valence-corrected chi connectivity index (χ0v) is 10.3. The van der Waals surface area contributed by atoms with Gasteiger partial charge in [-0.2, -0.15) is 0 Å². The molecule has 0 aromatic rings. The molecule has 0 radical (unpaired) electrons. The van der Waals surface area contributed by atoms with Gasteiger partial charge in [-0.1, -0.05) is 0 Å². The second kappa shape index (κ2) is 10.3. The molecule has 1 amide bonds. The number of amides is 1. The van der Waals surface area contributed by atoms with Crippen molar-refractivity contribution in [1.82, 2.24) is 10.2 Å². The van der Waals surface area contributed by atoms with Crippen LogP contribution >= 0.6 is 0 Å². The zero-order chi connectivity index (χ0) is 9.40. The molecular weight excluding hydrogens is 183 g/mol. The molecule has 0 rings (SSSR count). The summed E-state index contributed by atoms with van der Waals surface area (Å²) in [5, 5.41) is 19.9. The molecule has 0 bridgehead atoms. The van der Waals surface area contributed by atoms with E-state index < -0.39 is 6.09 Å². The van der Waals surface area contributed by atoms with Gasteiger partial charge in [0.2, 0.25) is 0 Å². The number of hydrogen-bond acceptors (Lipinski definition) is 3. The molecule has 0 aromatic heterocycles. The van der Waals surface area contributed by atoms with Gasteiger partial charge in [0.15, 0.2) is 0 Å². The molecule has 0 fully saturated rings. The smallest absolute Gasteiger partial charge is 1.00 e. The third-order valence-electron chi connectivity index (χ3n) is 1.50. The van der Waals surface area contributed by atoms with Gasteiger partial charge in [0.05, 0.1) is 6.61 Å². The van der Waals surface area contributed by atoms with Crippen LogP contribution in [0.15, 0.2) is 0 Å². The molecule has 0 unspecified atom stereocenters. The van der Waals surface area contributed by atoms with Crippen LogP contribution in [0.3, 0.4) is 0 Å². The molecule has 0 aliphatic carbocycles. The van der Waals surface area contributed by atoms with Crippen LogP contribution in [-0.4, -0.2) is 54.0 Å². The van der Waals surface area contributed by atoms with Gasteiger partial charge in [-0.25, -0.2) is 4.79 Å². The molecule has 5 nitrogen and oxygen atoms in total. The molecule has 0 aromatic carbocycles. The van der Waals surface area contributed by atoms with Crippen LogP contribution < -0.4 is 34.9 Å². The number of likely N-dealkylation sites (N-methyl/N-ethyl adjacent to an activating group) is 1. The summed E-state index contributed by atoms with van der Waals surface area (Å²) >= 11 is 0. The maximum Gasteiger partial charge on any atom is 1.00 e. The monoisotopic (exact) mass is 200 g/mol. The molecule has 3 N–H and O–H groups in total. The van der Waals surface area contributed by atoms with E-state index >= 15 is 0 Å². The summed E-state index contributed by atoms with van der Waals surface area (Å²) in [6.45, 7) is 3.93.